The van der Waals surface area contributed by atoms with Crippen LogP contribution in [0.3, 0.4) is 0 Å². The van der Waals surface area contributed by atoms with Gasteiger partial charge in [-0.1, -0.05) is 0 Å². The van der Waals surface area contributed by atoms with E-state index in [2.05, 4.69) is 10.6 Å². The van der Waals surface area contributed by atoms with Gasteiger partial charge in [-0.15, -0.1) is 0 Å². The van der Waals surface area contributed by atoms with Crippen molar-refractivity contribution in [1.29, 1.82) is 0 Å². The minimum absolute atomic E-state index is 0.104. The predicted molar refractivity (Wildman–Crippen MR) is 160 cm³/mol. The minimum atomic E-state index is -1.76. The first kappa shape index (κ1) is 39.5. The van der Waals surface area contributed by atoms with Gasteiger partial charge in [-0.3, -0.25) is 0 Å². The van der Waals surface area contributed by atoms with Gasteiger partial charge in [0.1, 0.15) is 66.1 Å². The molecule has 0 aromatic carbocycles. The number of rotatable bonds is 8. The fourth-order valence-electron chi connectivity index (χ4n) is 5.59. The number of carbonyl (C=O) groups is 2. The Morgan fingerprint density at radius 1 is 0.745 bits per heavy atom. The second-order valence-electron chi connectivity index (χ2n) is 14.1. The lowest BCUT2D eigenvalue weighted by Gasteiger charge is -2.49. The zero-order valence-corrected chi connectivity index (χ0v) is 27.5. The molecule has 47 heavy (non-hydrogen) atoms. The van der Waals surface area contributed by atoms with Crippen molar-refractivity contribution < 1.29 is 68.6 Å². The second-order valence-corrected chi connectivity index (χ2v) is 14.1. The Hall–Kier alpha value is -1.98. The predicted octanol–water partition coefficient (Wildman–Crippen LogP) is -4.19. The van der Waals surface area contributed by atoms with Crippen LogP contribution in [-0.4, -0.2) is 159 Å². The Morgan fingerprint density at radius 2 is 1.28 bits per heavy atom. The number of nitrogens with two attached hydrogens (primary N) is 3. The zero-order valence-electron chi connectivity index (χ0n) is 27.5. The van der Waals surface area contributed by atoms with Gasteiger partial charge in [-0.05, 0) is 48.0 Å². The van der Waals surface area contributed by atoms with Crippen LogP contribution in [0.2, 0.25) is 0 Å². The summed E-state index contributed by atoms with van der Waals surface area (Å²) in [6, 6.07) is -4.85. The maximum atomic E-state index is 12.8. The maximum Gasteiger partial charge on any atom is 0.408 e. The Balaban J connectivity index is 1.87. The van der Waals surface area contributed by atoms with Gasteiger partial charge in [0.15, 0.2) is 12.6 Å². The summed E-state index contributed by atoms with van der Waals surface area (Å²) in [6.07, 6.45) is -18.2. The van der Waals surface area contributed by atoms with E-state index in [1.807, 2.05) is 0 Å². The molecule has 2 aliphatic heterocycles. The Kier molecular flexibility index (Phi) is 13.2. The molecule has 19 heteroatoms. The largest absolute Gasteiger partial charge is 0.444 e. The summed E-state index contributed by atoms with van der Waals surface area (Å²) >= 11 is 0. The first-order valence-corrected chi connectivity index (χ1v) is 15.5. The fraction of sp³-hybridized carbons (Fsp3) is 0.929. The number of ether oxygens (including phenoxy) is 6. The topological polar surface area (TPSA) is 313 Å². The number of nitrogens with one attached hydrogen (secondary N) is 2. The summed E-state index contributed by atoms with van der Waals surface area (Å²) in [6.45, 7) is 8.86. The molecule has 1 aliphatic carbocycles. The molecular formula is C28H53N5O14. The molecule has 2 saturated heterocycles. The molecular weight excluding hydrogens is 630 g/mol. The van der Waals surface area contributed by atoms with Crippen molar-refractivity contribution in [1.82, 2.24) is 10.6 Å². The van der Waals surface area contributed by atoms with E-state index in [9.17, 15) is 40.2 Å². The molecule has 274 valence electrons. The van der Waals surface area contributed by atoms with E-state index in [0.717, 1.165) is 0 Å². The normalized spacial score (nSPS) is 41.6. The molecule has 0 spiro atoms. The van der Waals surface area contributed by atoms with E-state index < -0.39 is 122 Å². The highest BCUT2D eigenvalue weighted by Gasteiger charge is 2.53. The van der Waals surface area contributed by atoms with Crippen molar-refractivity contribution in [2.75, 3.05) is 13.2 Å². The molecule has 0 aromatic rings. The molecule has 14 N–H and O–H groups in total. The Morgan fingerprint density at radius 3 is 1.81 bits per heavy atom. The van der Waals surface area contributed by atoms with E-state index in [0.29, 0.717) is 0 Å². The van der Waals surface area contributed by atoms with Crippen LogP contribution in [-0.2, 0) is 28.4 Å². The molecule has 3 aliphatic rings. The van der Waals surface area contributed by atoms with Crippen molar-refractivity contribution in [3.05, 3.63) is 0 Å². The number of hydrogen-bond donors (Lipinski definition) is 11. The van der Waals surface area contributed by atoms with Gasteiger partial charge in [-0.25, -0.2) is 9.59 Å². The molecule has 1 unspecified atom stereocenters. The Bertz CT molecular complexity index is 1040. The molecule has 0 radical (unpaired) electrons. The summed E-state index contributed by atoms with van der Waals surface area (Å²) in [5.74, 6) is 0. The average Bonchev–Trinajstić information content (AvgIpc) is 2.94. The summed E-state index contributed by atoms with van der Waals surface area (Å²) in [4.78, 5) is 25.2. The quantitative estimate of drug-likeness (QED) is 0.116. The molecule has 19 nitrogen and oxygen atoms in total. The van der Waals surface area contributed by atoms with Crippen LogP contribution in [0.4, 0.5) is 9.59 Å². The fourth-order valence-corrected chi connectivity index (χ4v) is 5.59. The smallest absolute Gasteiger partial charge is 0.408 e. The molecule has 15 atom stereocenters. The monoisotopic (exact) mass is 683 g/mol. The standard InChI is InChI=1S/C28H53N5O14/c1-27(2,3)46-25(40)32-11-7-10(30)21(20(39)22(11)45-23-14(31)18(37)17(36)12(8-29)42-23)44-24-19(38)15(16(35)13(9-34)43-24)33-26(41)47-28(4,5)6/h10-24,34-39H,7-9,29-31H2,1-6H3,(H,32,40)(H,33,41)/t10-,11+,12-,13-,14-,15+,16-,17-,18-,19-,20-,21+,22?,23-,24-/m1/s1. The summed E-state index contributed by atoms with van der Waals surface area (Å²) in [5, 5.41) is 69.1. The number of alkyl carbamates (subject to hydrolysis) is 2. The number of amides is 2. The van der Waals surface area contributed by atoms with Gasteiger partial charge in [0, 0.05) is 12.6 Å². The number of aliphatic hydroxyl groups is 6. The third kappa shape index (κ3) is 10.0. The molecule has 3 fully saturated rings. The van der Waals surface area contributed by atoms with Crippen molar-refractivity contribution in [3.8, 4) is 0 Å². The highest BCUT2D eigenvalue weighted by molar-refractivity contribution is 5.68. The van der Waals surface area contributed by atoms with Crippen LogP contribution in [0, 0.1) is 0 Å². The Labute approximate surface area is 272 Å². The van der Waals surface area contributed by atoms with Gasteiger partial charge >= 0.3 is 12.2 Å². The molecule has 2 amide bonds. The minimum Gasteiger partial charge on any atom is -0.444 e. The van der Waals surface area contributed by atoms with E-state index in [1.165, 1.54) is 0 Å². The van der Waals surface area contributed by atoms with Gasteiger partial charge in [-0.2, -0.15) is 0 Å². The summed E-state index contributed by atoms with van der Waals surface area (Å²) < 4.78 is 33.9. The van der Waals surface area contributed by atoms with Gasteiger partial charge in [0.25, 0.3) is 0 Å². The molecule has 0 aromatic heterocycles. The first-order valence-electron chi connectivity index (χ1n) is 15.5. The molecule has 0 bridgehead atoms. The van der Waals surface area contributed by atoms with Gasteiger partial charge in [0.05, 0.1) is 24.7 Å². The average molecular weight is 684 g/mol. The zero-order chi connectivity index (χ0) is 35.6. The number of aliphatic hydroxyl groups excluding tert-OH is 6. The third-order valence-corrected chi connectivity index (χ3v) is 7.85. The lowest BCUT2D eigenvalue weighted by molar-refractivity contribution is -0.320. The van der Waals surface area contributed by atoms with E-state index >= 15 is 0 Å². The molecule has 3 rings (SSSR count). The first-order chi connectivity index (χ1) is 21.7. The highest BCUT2D eigenvalue weighted by Crippen LogP contribution is 2.32. The molecule has 2 heterocycles. The number of carbonyl (C=O) groups excluding carboxylic acids is 2. The number of hydrogen-bond acceptors (Lipinski definition) is 17. The van der Waals surface area contributed by atoms with Crippen LogP contribution in [0.1, 0.15) is 48.0 Å². The van der Waals surface area contributed by atoms with Crippen molar-refractivity contribution in [2.24, 2.45) is 17.2 Å². The van der Waals surface area contributed by atoms with Crippen molar-refractivity contribution in [2.45, 2.75) is 151 Å². The van der Waals surface area contributed by atoms with Gasteiger partial charge in [0.2, 0.25) is 0 Å². The molecule has 1 saturated carbocycles. The highest BCUT2D eigenvalue weighted by atomic mass is 16.7. The van der Waals surface area contributed by atoms with Crippen LogP contribution in [0.25, 0.3) is 0 Å². The van der Waals surface area contributed by atoms with E-state index in [1.54, 1.807) is 41.5 Å². The summed E-state index contributed by atoms with van der Waals surface area (Å²) in [7, 11) is 0. The van der Waals surface area contributed by atoms with E-state index in [4.69, 9.17) is 45.6 Å². The van der Waals surface area contributed by atoms with Crippen molar-refractivity contribution in [3.63, 3.8) is 0 Å². The third-order valence-electron chi connectivity index (χ3n) is 7.85. The van der Waals surface area contributed by atoms with Crippen LogP contribution in [0.15, 0.2) is 0 Å². The van der Waals surface area contributed by atoms with Crippen LogP contribution < -0.4 is 27.8 Å². The lowest BCUT2D eigenvalue weighted by atomic mass is 9.83. The van der Waals surface area contributed by atoms with Crippen LogP contribution in [0.5, 0.6) is 0 Å². The van der Waals surface area contributed by atoms with Crippen LogP contribution >= 0.6 is 0 Å². The lowest BCUT2D eigenvalue weighted by Crippen LogP contribution is -2.70. The van der Waals surface area contributed by atoms with Gasteiger partial charge < -0.3 is 86.9 Å². The summed E-state index contributed by atoms with van der Waals surface area (Å²) in [5.41, 5.74) is 16.4. The maximum absolute atomic E-state index is 12.8. The second kappa shape index (κ2) is 15.7. The SMILES string of the molecule is CC(C)(C)OC(=O)N[C@@H]1[C@@H](O)[C@@H](O[C@H]2[C@H](N)C[C@H](NC(=O)OC(C)(C)C)C(O[C@H]3O[C@H](CN)[C@@H](O)[C@H](O)[C@H]3N)[C@@H]2O)O[C@H](CO)[C@H]1O. The van der Waals surface area contributed by atoms with Crippen molar-refractivity contribution >= 4 is 12.2 Å². The van der Waals surface area contributed by atoms with E-state index in [-0.39, 0.29) is 13.0 Å².